The van der Waals surface area contributed by atoms with Crippen molar-refractivity contribution >= 4 is 11.0 Å². The standard InChI is InChI=1S/C12H15N3O/c13-5-3-10-12-8(4-7-16-10)11-9(15-12)2-1-6-14-11/h1-2,6,10,15H,3-5,7,13H2. The van der Waals surface area contributed by atoms with Gasteiger partial charge in [-0.1, -0.05) is 0 Å². The SMILES string of the molecule is NCCC1OCCc2c1[nH]c1cccnc21. The number of hydrogen-bond donors (Lipinski definition) is 2. The van der Waals surface area contributed by atoms with Gasteiger partial charge in [0.05, 0.1) is 29.4 Å². The Bertz CT molecular complexity index is 506. The third-order valence-corrected chi connectivity index (χ3v) is 3.11. The fourth-order valence-corrected chi connectivity index (χ4v) is 2.39. The maximum atomic E-state index is 5.74. The van der Waals surface area contributed by atoms with E-state index in [-0.39, 0.29) is 6.10 Å². The van der Waals surface area contributed by atoms with Crippen molar-refractivity contribution in [3.63, 3.8) is 0 Å². The van der Waals surface area contributed by atoms with Crippen molar-refractivity contribution < 1.29 is 4.74 Å². The van der Waals surface area contributed by atoms with E-state index in [1.165, 1.54) is 11.3 Å². The zero-order chi connectivity index (χ0) is 11.0. The first-order valence-corrected chi connectivity index (χ1v) is 5.67. The summed E-state index contributed by atoms with van der Waals surface area (Å²) in [5, 5.41) is 0. The largest absolute Gasteiger partial charge is 0.372 e. The second-order valence-corrected chi connectivity index (χ2v) is 4.10. The Hall–Kier alpha value is -1.39. The van der Waals surface area contributed by atoms with Gasteiger partial charge in [-0.05, 0) is 31.5 Å². The minimum absolute atomic E-state index is 0.114. The highest BCUT2D eigenvalue weighted by atomic mass is 16.5. The lowest BCUT2D eigenvalue weighted by Crippen LogP contribution is -2.18. The van der Waals surface area contributed by atoms with Gasteiger partial charge < -0.3 is 15.5 Å². The molecule has 0 radical (unpaired) electrons. The number of aromatic amines is 1. The molecule has 0 spiro atoms. The van der Waals surface area contributed by atoms with Crippen molar-refractivity contribution in [1.29, 1.82) is 0 Å². The van der Waals surface area contributed by atoms with Gasteiger partial charge in [-0.25, -0.2) is 0 Å². The minimum atomic E-state index is 0.114. The summed E-state index contributed by atoms with van der Waals surface area (Å²) in [6, 6.07) is 4.00. The average molecular weight is 217 g/mol. The molecular formula is C12H15N3O. The number of rotatable bonds is 2. The molecule has 2 aromatic heterocycles. The molecule has 0 aromatic carbocycles. The molecule has 2 aromatic rings. The Labute approximate surface area is 93.8 Å². The van der Waals surface area contributed by atoms with Gasteiger partial charge in [0.25, 0.3) is 0 Å². The molecule has 0 fully saturated rings. The van der Waals surface area contributed by atoms with E-state index in [0.29, 0.717) is 6.54 Å². The van der Waals surface area contributed by atoms with E-state index in [1.807, 2.05) is 12.3 Å². The summed E-state index contributed by atoms with van der Waals surface area (Å²) in [5.41, 5.74) is 10.3. The van der Waals surface area contributed by atoms with Crippen LogP contribution in [0, 0.1) is 0 Å². The van der Waals surface area contributed by atoms with Crippen LogP contribution >= 0.6 is 0 Å². The Kier molecular flexibility index (Phi) is 2.38. The number of nitrogens with two attached hydrogens (primary N) is 1. The fourth-order valence-electron chi connectivity index (χ4n) is 2.39. The van der Waals surface area contributed by atoms with E-state index in [9.17, 15) is 0 Å². The van der Waals surface area contributed by atoms with E-state index >= 15 is 0 Å². The number of nitrogens with zero attached hydrogens (tertiary/aromatic N) is 1. The summed E-state index contributed by atoms with van der Waals surface area (Å²) in [4.78, 5) is 7.84. The van der Waals surface area contributed by atoms with E-state index < -0.39 is 0 Å². The topological polar surface area (TPSA) is 63.9 Å². The Balaban J connectivity index is 2.13. The van der Waals surface area contributed by atoms with Crippen LogP contribution in [0.5, 0.6) is 0 Å². The number of pyridine rings is 1. The van der Waals surface area contributed by atoms with Crippen molar-refractivity contribution in [3.05, 3.63) is 29.6 Å². The Morgan fingerprint density at radius 3 is 3.38 bits per heavy atom. The molecular weight excluding hydrogens is 202 g/mol. The smallest absolute Gasteiger partial charge is 0.0988 e. The molecule has 0 bridgehead atoms. The summed E-state index contributed by atoms with van der Waals surface area (Å²) >= 11 is 0. The van der Waals surface area contributed by atoms with Gasteiger partial charge in [0.2, 0.25) is 0 Å². The van der Waals surface area contributed by atoms with Gasteiger partial charge in [-0.3, -0.25) is 4.98 Å². The highest BCUT2D eigenvalue weighted by Crippen LogP contribution is 2.32. The molecule has 1 aliphatic rings. The van der Waals surface area contributed by atoms with Crippen molar-refractivity contribution in [3.8, 4) is 0 Å². The highest BCUT2D eigenvalue weighted by molar-refractivity contribution is 5.80. The highest BCUT2D eigenvalue weighted by Gasteiger charge is 2.24. The zero-order valence-electron chi connectivity index (χ0n) is 9.07. The van der Waals surface area contributed by atoms with Gasteiger partial charge in [-0.2, -0.15) is 0 Å². The summed E-state index contributed by atoms with van der Waals surface area (Å²) in [5.74, 6) is 0. The molecule has 0 aliphatic carbocycles. The van der Waals surface area contributed by atoms with Gasteiger partial charge in [-0.15, -0.1) is 0 Å². The molecule has 1 aliphatic heterocycles. The van der Waals surface area contributed by atoms with Crippen LogP contribution in [0.3, 0.4) is 0 Å². The predicted molar refractivity (Wildman–Crippen MR) is 62.2 cm³/mol. The maximum absolute atomic E-state index is 5.74. The first-order valence-electron chi connectivity index (χ1n) is 5.67. The maximum Gasteiger partial charge on any atom is 0.0988 e. The molecule has 1 unspecified atom stereocenters. The monoisotopic (exact) mass is 217 g/mol. The van der Waals surface area contributed by atoms with Gasteiger partial charge in [0.1, 0.15) is 0 Å². The molecule has 84 valence electrons. The van der Waals surface area contributed by atoms with Crippen LogP contribution in [0.25, 0.3) is 11.0 Å². The predicted octanol–water partition coefficient (Wildman–Crippen LogP) is 1.53. The van der Waals surface area contributed by atoms with Gasteiger partial charge >= 0.3 is 0 Å². The quantitative estimate of drug-likeness (QED) is 0.801. The van der Waals surface area contributed by atoms with Crippen LogP contribution in [-0.2, 0) is 11.2 Å². The molecule has 0 amide bonds. The summed E-state index contributed by atoms with van der Waals surface area (Å²) in [6.45, 7) is 1.41. The normalized spacial score (nSPS) is 19.9. The molecule has 0 saturated heterocycles. The first-order chi connectivity index (χ1) is 7.90. The van der Waals surface area contributed by atoms with Crippen molar-refractivity contribution in [2.24, 2.45) is 5.73 Å². The Morgan fingerprint density at radius 2 is 2.50 bits per heavy atom. The van der Waals surface area contributed by atoms with E-state index in [4.69, 9.17) is 10.5 Å². The third kappa shape index (κ3) is 1.42. The van der Waals surface area contributed by atoms with Gasteiger partial charge in [0.15, 0.2) is 0 Å². The molecule has 4 heteroatoms. The molecule has 0 saturated carbocycles. The molecule has 4 nitrogen and oxygen atoms in total. The van der Waals surface area contributed by atoms with Crippen molar-refractivity contribution in [2.75, 3.05) is 13.2 Å². The summed E-state index contributed by atoms with van der Waals surface area (Å²) < 4.78 is 5.74. The summed E-state index contributed by atoms with van der Waals surface area (Å²) in [6.07, 6.45) is 3.75. The van der Waals surface area contributed by atoms with Crippen LogP contribution in [-0.4, -0.2) is 23.1 Å². The number of ether oxygens (including phenoxy) is 1. The minimum Gasteiger partial charge on any atom is -0.372 e. The molecule has 1 atom stereocenters. The molecule has 16 heavy (non-hydrogen) atoms. The van der Waals surface area contributed by atoms with E-state index in [0.717, 1.165) is 30.5 Å². The number of aromatic nitrogens is 2. The van der Waals surface area contributed by atoms with Gasteiger partial charge in [0, 0.05) is 11.8 Å². The van der Waals surface area contributed by atoms with E-state index in [1.54, 1.807) is 0 Å². The lowest BCUT2D eigenvalue weighted by molar-refractivity contribution is 0.0360. The fraction of sp³-hybridized carbons (Fsp3) is 0.417. The zero-order valence-corrected chi connectivity index (χ0v) is 9.07. The number of nitrogens with one attached hydrogen (secondary N) is 1. The van der Waals surface area contributed by atoms with Crippen molar-refractivity contribution in [1.82, 2.24) is 9.97 Å². The van der Waals surface area contributed by atoms with E-state index in [2.05, 4.69) is 16.0 Å². The number of H-pyrrole nitrogens is 1. The molecule has 3 N–H and O–H groups in total. The van der Waals surface area contributed by atoms with Crippen LogP contribution < -0.4 is 5.73 Å². The second-order valence-electron chi connectivity index (χ2n) is 4.10. The first kappa shape index (κ1) is 9.81. The second kappa shape index (κ2) is 3.88. The van der Waals surface area contributed by atoms with Crippen LogP contribution in [0.15, 0.2) is 18.3 Å². The Morgan fingerprint density at radius 1 is 1.56 bits per heavy atom. The number of hydrogen-bond acceptors (Lipinski definition) is 3. The third-order valence-electron chi connectivity index (χ3n) is 3.11. The molecule has 3 rings (SSSR count). The number of fused-ring (bicyclic) bond motifs is 3. The van der Waals surface area contributed by atoms with Crippen LogP contribution in [0.4, 0.5) is 0 Å². The average Bonchev–Trinajstić information content (AvgIpc) is 2.69. The lowest BCUT2D eigenvalue weighted by atomic mass is 10.0. The lowest BCUT2D eigenvalue weighted by Gasteiger charge is -2.22. The summed E-state index contributed by atoms with van der Waals surface area (Å²) in [7, 11) is 0. The van der Waals surface area contributed by atoms with Crippen molar-refractivity contribution in [2.45, 2.75) is 18.9 Å². The van der Waals surface area contributed by atoms with Crippen LogP contribution in [0.1, 0.15) is 23.8 Å². The van der Waals surface area contributed by atoms with Crippen LogP contribution in [0.2, 0.25) is 0 Å². The molecule has 3 heterocycles.